The predicted molar refractivity (Wildman–Crippen MR) is 157 cm³/mol. The van der Waals surface area contributed by atoms with E-state index in [1.54, 1.807) is 0 Å². The van der Waals surface area contributed by atoms with Crippen LogP contribution < -0.4 is 0 Å². The molecule has 7 rings (SSSR count). The van der Waals surface area contributed by atoms with Crippen molar-refractivity contribution in [2.45, 2.75) is 0 Å². The second-order valence-electron chi connectivity index (χ2n) is 8.54. The van der Waals surface area contributed by atoms with Crippen LogP contribution in [0.15, 0.2) is 121 Å². The maximum absolute atomic E-state index is 2.36. The molecule has 0 fully saturated rings. The molecule has 0 aliphatic carbocycles. The molecule has 0 amide bonds. The summed E-state index contributed by atoms with van der Waals surface area (Å²) in [6.07, 6.45) is 0. The molecule has 3 aromatic heterocycles. The lowest BCUT2D eigenvalue weighted by Crippen LogP contribution is -1.84. The Kier molecular flexibility index (Phi) is 5.13. The quantitative estimate of drug-likeness (QED) is 0.225. The van der Waals surface area contributed by atoms with E-state index in [0.717, 1.165) is 0 Å². The van der Waals surface area contributed by atoms with Gasteiger partial charge in [-0.05, 0) is 46.2 Å². The van der Waals surface area contributed by atoms with E-state index in [1.165, 1.54) is 61.9 Å². The van der Waals surface area contributed by atoms with Gasteiger partial charge >= 0.3 is 0 Å². The Bertz CT molecular complexity index is 1590. The minimum atomic E-state index is 1.27. The molecule has 3 heterocycles. The number of fused-ring (bicyclic) bond motifs is 2. The molecule has 4 aromatic carbocycles. The van der Waals surface area contributed by atoms with Crippen LogP contribution in [0.25, 0.3) is 61.9 Å². The van der Waals surface area contributed by atoms with Crippen LogP contribution in [0.3, 0.4) is 0 Å². The topological polar surface area (TPSA) is 0 Å². The van der Waals surface area contributed by atoms with Gasteiger partial charge in [0.2, 0.25) is 0 Å². The highest BCUT2D eigenvalue weighted by Gasteiger charge is 2.25. The van der Waals surface area contributed by atoms with Crippen molar-refractivity contribution in [1.29, 1.82) is 0 Å². The summed E-state index contributed by atoms with van der Waals surface area (Å²) in [5, 5.41) is 2.62. The van der Waals surface area contributed by atoms with Gasteiger partial charge in [-0.3, -0.25) is 0 Å². The maximum Gasteiger partial charge on any atom is 0.0534 e. The standard InChI is InChI=1S/C32H20S3/c1-3-11-21(12-4-1)29-30(22-13-5-2-6-14-22)32(28-20-24-16-8-10-18-26(24)34-28)35-31(29)27-19-23-15-7-9-17-25(23)33-27/h1-20H. The Morgan fingerprint density at radius 2 is 0.771 bits per heavy atom. The Labute approximate surface area is 216 Å². The first-order valence-electron chi connectivity index (χ1n) is 11.6. The molecule has 0 saturated heterocycles. The van der Waals surface area contributed by atoms with Crippen LogP contribution in [0.1, 0.15) is 0 Å². The molecule has 0 N–H and O–H groups in total. The van der Waals surface area contributed by atoms with E-state index in [9.17, 15) is 0 Å². The lowest BCUT2D eigenvalue weighted by atomic mass is 9.94. The SMILES string of the molecule is c1ccc(-c2c(-c3cc4ccccc4s3)sc(-c3cc4ccccc4s3)c2-c2ccccc2)cc1. The summed E-state index contributed by atoms with van der Waals surface area (Å²) in [4.78, 5) is 5.37. The summed E-state index contributed by atoms with van der Waals surface area (Å²) in [6.45, 7) is 0. The number of thiophene rings is 3. The monoisotopic (exact) mass is 500 g/mol. The van der Waals surface area contributed by atoms with Gasteiger partial charge in [0.15, 0.2) is 0 Å². The molecule has 0 spiro atoms. The van der Waals surface area contributed by atoms with Crippen molar-refractivity contribution in [2.24, 2.45) is 0 Å². The van der Waals surface area contributed by atoms with Gasteiger partial charge in [0.05, 0.1) is 9.75 Å². The Morgan fingerprint density at radius 1 is 0.371 bits per heavy atom. The van der Waals surface area contributed by atoms with Crippen LogP contribution in [0.2, 0.25) is 0 Å². The maximum atomic E-state index is 2.36. The summed E-state index contributed by atoms with van der Waals surface area (Å²) in [5.74, 6) is 0. The molecule has 0 unspecified atom stereocenters. The highest BCUT2D eigenvalue weighted by atomic mass is 32.1. The molecular formula is C32H20S3. The molecule has 0 aliphatic rings. The highest BCUT2D eigenvalue weighted by Crippen LogP contribution is 2.55. The van der Waals surface area contributed by atoms with Crippen LogP contribution in [0.5, 0.6) is 0 Å². The number of rotatable bonds is 4. The van der Waals surface area contributed by atoms with Crippen molar-refractivity contribution in [1.82, 2.24) is 0 Å². The summed E-state index contributed by atoms with van der Waals surface area (Å²) < 4.78 is 2.67. The molecule has 35 heavy (non-hydrogen) atoms. The molecule has 0 bridgehead atoms. The molecule has 0 nitrogen and oxygen atoms in total. The molecular weight excluding hydrogens is 481 g/mol. The average molecular weight is 501 g/mol. The Hall–Kier alpha value is -3.50. The van der Waals surface area contributed by atoms with Crippen molar-refractivity contribution in [2.75, 3.05) is 0 Å². The van der Waals surface area contributed by atoms with Crippen molar-refractivity contribution >= 4 is 54.2 Å². The molecule has 0 aliphatic heterocycles. The number of benzene rings is 4. The van der Waals surface area contributed by atoms with E-state index in [-0.39, 0.29) is 0 Å². The molecule has 0 atom stereocenters. The fourth-order valence-electron chi connectivity index (χ4n) is 4.73. The molecule has 3 heteroatoms. The van der Waals surface area contributed by atoms with Crippen LogP contribution in [-0.4, -0.2) is 0 Å². The third kappa shape index (κ3) is 3.64. The summed E-state index contributed by atoms with van der Waals surface area (Å²) in [7, 11) is 0. The normalized spacial score (nSPS) is 11.4. The summed E-state index contributed by atoms with van der Waals surface area (Å²) in [6, 6.07) is 43.9. The van der Waals surface area contributed by atoms with Gasteiger partial charge in [-0.2, -0.15) is 0 Å². The third-order valence-electron chi connectivity index (χ3n) is 6.33. The van der Waals surface area contributed by atoms with Crippen molar-refractivity contribution in [3.63, 3.8) is 0 Å². The van der Waals surface area contributed by atoms with Crippen LogP contribution >= 0.6 is 34.0 Å². The van der Waals surface area contributed by atoms with Gasteiger partial charge < -0.3 is 0 Å². The summed E-state index contributed by atoms with van der Waals surface area (Å²) >= 11 is 5.71. The first kappa shape index (κ1) is 20.8. The van der Waals surface area contributed by atoms with Crippen molar-refractivity contribution in [3.05, 3.63) is 121 Å². The van der Waals surface area contributed by atoms with Gasteiger partial charge in [0, 0.05) is 30.3 Å². The van der Waals surface area contributed by atoms with E-state index in [2.05, 4.69) is 121 Å². The fourth-order valence-corrected chi connectivity index (χ4v) is 8.41. The van der Waals surface area contributed by atoms with Gasteiger partial charge in [-0.15, -0.1) is 34.0 Å². The van der Waals surface area contributed by atoms with Gasteiger partial charge in [0.1, 0.15) is 0 Å². The van der Waals surface area contributed by atoms with E-state index in [4.69, 9.17) is 0 Å². The van der Waals surface area contributed by atoms with Crippen LogP contribution in [-0.2, 0) is 0 Å². The van der Waals surface area contributed by atoms with Crippen molar-refractivity contribution < 1.29 is 0 Å². The number of hydrogen-bond acceptors (Lipinski definition) is 3. The second-order valence-corrected chi connectivity index (χ2v) is 11.7. The minimum absolute atomic E-state index is 1.27. The number of hydrogen-bond donors (Lipinski definition) is 0. The molecule has 0 saturated carbocycles. The lowest BCUT2D eigenvalue weighted by Gasteiger charge is -2.09. The first-order valence-corrected chi connectivity index (χ1v) is 14.1. The molecule has 7 aromatic rings. The molecule has 0 radical (unpaired) electrons. The molecule has 166 valence electrons. The minimum Gasteiger partial charge on any atom is -0.134 e. The van der Waals surface area contributed by atoms with Crippen LogP contribution in [0, 0.1) is 0 Å². The van der Waals surface area contributed by atoms with Gasteiger partial charge in [-0.25, -0.2) is 0 Å². The van der Waals surface area contributed by atoms with Gasteiger partial charge in [-0.1, -0.05) is 97.1 Å². The fraction of sp³-hybridized carbons (Fsp3) is 0. The smallest absolute Gasteiger partial charge is 0.0534 e. The zero-order chi connectivity index (χ0) is 23.2. The average Bonchev–Trinajstić information content (AvgIpc) is 3.64. The van der Waals surface area contributed by atoms with Crippen molar-refractivity contribution in [3.8, 4) is 41.8 Å². The van der Waals surface area contributed by atoms with E-state index in [1.807, 2.05) is 34.0 Å². The highest BCUT2D eigenvalue weighted by molar-refractivity contribution is 7.30. The zero-order valence-electron chi connectivity index (χ0n) is 18.8. The first-order chi connectivity index (χ1) is 17.3. The lowest BCUT2D eigenvalue weighted by molar-refractivity contribution is 1.63. The summed E-state index contributed by atoms with van der Waals surface area (Å²) in [5.41, 5.74) is 5.20. The Balaban J connectivity index is 1.58. The Morgan fingerprint density at radius 3 is 1.20 bits per heavy atom. The van der Waals surface area contributed by atoms with Gasteiger partial charge in [0.25, 0.3) is 0 Å². The van der Waals surface area contributed by atoms with Crippen LogP contribution in [0.4, 0.5) is 0 Å². The zero-order valence-corrected chi connectivity index (χ0v) is 21.2. The largest absolute Gasteiger partial charge is 0.134 e. The van der Waals surface area contributed by atoms with E-state index < -0.39 is 0 Å². The predicted octanol–water partition coefficient (Wildman–Crippen LogP) is 10.8. The third-order valence-corrected chi connectivity index (χ3v) is 10.1. The van der Waals surface area contributed by atoms with E-state index in [0.29, 0.717) is 0 Å². The van der Waals surface area contributed by atoms with E-state index >= 15 is 0 Å². The second kappa shape index (κ2) is 8.62.